The van der Waals surface area contributed by atoms with E-state index in [1.807, 2.05) is 12.1 Å². The molecular weight excluding hydrogens is 242 g/mol. The molecular formula is C15H21NO3. The number of ether oxygens (including phenoxy) is 1. The molecule has 2 rings (SSSR count). The number of fused-ring (bicyclic) bond motifs is 1. The van der Waals surface area contributed by atoms with E-state index in [1.165, 1.54) is 5.56 Å². The summed E-state index contributed by atoms with van der Waals surface area (Å²) in [6.07, 6.45) is 4.33. The fourth-order valence-electron chi connectivity index (χ4n) is 2.27. The molecule has 4 nitrogen and oxygen atoms in total. The molecule has 1 aromatic carbocycles. The van der Waals surface area contributed by atoms with Gasteiger partial charge in [-0.05, 0) is 37.0 Å². The Morgan fingerprint density at radius 3 is 2.95 bits per heavy atom. The lowest BCUT2D eigenvalue weighted by Crippen LogP contribution is -2.25. The summed E-state index contributed by atoms with van der Waals surface area (Å²) in [7, 11) is 1.80. The van der Waals surface area contributed by atoms with Crippen molar-refractivity contribution in [3.63, 3.8) is 0 Å². The smallest absolute Gasteiger partial charge is 0.230 e. The number of rotatable bonds is 5. The average Bonchev–Trinajstić information content (AvgIpc) is 2.56. The first-order chi connectivity index (χ1) is 9.22. The van der Waals surface area contributed by atoms with E-state index in [1.54, 1.807) is 11.9 Å². The van der Waals surface area contributed by atoms with Crippen LogP contribution in [0.15, 0.2) is 18.2 Å². The Labute approximate surface area is 114 Å². The number of hydrogen-bond donors (Lipinski definition) is 1. The van der Waals surface area contributed by atoms with E-state index in [9.17, 15) is 4.79 Å². The highest BCUT2D eigenvalue weighted by atomic mass is 16.5. The van der Waals surface area contributed by atoms with Gasteiger partial charge in [0.2, 0.25) is 5.91 Å². The molecule has 0 aliphatic carbocycles. The molecule has 0 aromatic heterocycles. The quantitative estimate of drug-likeness (QED) is 0.828. The number of carbonyl (C=O) groups is 1. The Kier molecular flexibility index (Phi) is 4.80. The summed E-state index contributed by atoms with van der Waals surface area (Å²) in [4.78, 5) is 13.5. The highest BCUT2D eigenvalue weighted by Crippen LogP contribution is 2.31. The third kappa shape index (κ3) is 3.47. The number of aliphatic hydroxyl groups is 1. The first-order valence-electron chi connectivity index (χ1n) is 6.85. The molecule has 1 aliphatic rings. The van der Waals surface area contributed by atoms with Crippen molar-refractivity contribution in [1.29, 1.82) is 0 Å². The number of aryl methyl sites for hydroxylation is 1. The Balaban J connectivity index is 2.08. The molecule has 0 radical (unpaired) electrons. The van der Waals surface area contributed by atoms with Crippen LogP contribution in [0.3, 0.4) is 0 Å². The minimum absolute atomic E-state index is 0.0937. The highest BCUT2D eigenvalue weighted by molar-refractivity contribution is 5.95. The molecule has 1 aromatic rings. The van der Waals surface area contributed by atoms with E-state index in [0.29, 0.717) is 13.0 Å². The van der Waals surface area contributed by atoms with Crippen LogP contribution in [0, 0.1) is 0 Å². The lowest BCUT2D eigenvalue weighted by molar-refractivity contribution is -0.118. The van der Waals surface area contributed by atoms with E-state index in [2.05, 4.69) is 6.07 Å². The van der Waals surface area contributed by atoms with Gasteiger partial charge in [0.1, 0.15) is 5.75 Å². The van der Waals surface area contributed by atoms with Crippen molar-refractivity contribution in [3.05, 3.63) is 23.8 Å². The molecule has 0 saturated heterocycles. The van der Waals surface area contributed by atoms with Crippen LogP contribution in [0.1, 0.15) is 31.2 Å². The van der Waals surface area contributed by atoms with E-state index >= 15 is 0 Å². The SMILES string of the molecule is CN1C(=O)CCOc2ccc(CCCCCO)cc21. The first kappa shape index (κ1) is 13.9. The summed E-state index contributed by atoms with van der Waals surface area (Å²) < 4.78 is 5.59. The van der Waals surface area contributed by atoms with Crippen LogP contribution in [0.5, 0.6) is 5.75 Å². The molecule has 0 bridgehead atoms. The molecule has 1 aliphatic heterocycles. The van der Waals surface area contributed by atoms with E-state index < -0.39 is 0 Å². The Bertz CT molecular complexity index is 445. The van der Waals surface area contributed by atoms with Crippen LogP contribution >= 0.6 is 0 Å². The maximum Gasteiger partial charge on any atom is 0.230 e. The zero-order valence-corrected chi connectivity index (χ0v) is 11.4. The van der Waals surface area contributed by atoms with Gasteiger partial charge in [-0.3, -0.25) is 4.79 Å². The molecule has 104 valence electrons. The molecule has 1 amide bonds. The molecule has 0 spiro atoms. The minimum atomic E-state index is 0.0937. The van der Waals surface area contributed by atoms with Crippen LogP contribution in [0.2, 0.25) is 0 Å². The number of aliphatic hydroxyl groups excluding tert-OH is 1. The lowest BCUT2D eigenvalue weighted by atomic mass is 10.1. The van der Waals surface area contributed by atoms with E-state index in [-0.39, 0.29) is 12.5 Å². The van der Waals surface area contributed by atoms with Gasteiger partial charge >= 0.3 is 0 Å². The van der Waals surface area contributed by atoms with Crippen molar-refractivity contribution in [1.82, 2.24) is 0 Å². The Morgan fingerprint density at radius 2 is 2.16 bits per heavy atom. The van der Waals surface area contributed by atoms with E-state index in [0.717, 1.165) is 37.1 Å². The van der Waals surface area contributed by atoms with Gasteiger partial charge < -0.3 is 14.7 Å². The lowest BCUT2D eigenvalue weighted by Gasteiger charge is -2.17. The van der Waals surface area contributed by atoms with Crippen molar-refractivity contribution in [2.24, 2.45) is 0 Å². The number of unbranched alkanes of at least 4 members (excludes halogenated alkanes) is 2. The standard InChI is InChI=1S/C15H21NO3/c1-16-13-11-12(5-3-2-4-9-17)6-7-14(13)19-10-8-15(16)18/h6-7,11,17H,2-5,8-10H2,1H3. The molecule has 19 heavy (non-hydrogen) atoms. The van der Waals surface area contributed by atoms with Crippen LogP contribution in [-0.4, -0.2) is 31.3 Å². The van der Waals surface area contributed by atoms with Gasteiger partial charge in [0, 0.05) is 13.7 Å². The van der Waals surface area contributed by atoms with Crippen molar-refractivity contribution < 1.29 is 14.6 Å². The minimum Gasteiger partial charge on any atom is -0.491 e. The monoisotopic (exact) mass is 263 g/mol. The van der Waals surface area contributed by atoms with Gasteiger partial charge in [-0.2, -0.15) is 0 Å². The van der Waals surface area contributed by atoms with Crippen LogP contribution in [-0.2, 0) is 11.2 Å². The molecule has 0 saturated carbocycles. The number of nitrogens with zero attached hydrogens (tertiary/aromatic N) is 1. The van der Waals surface area contributed by atoms with Crippen molar-refractivity contribution in [3.8, 4) is 5.75 Å². The molecule has 0 fully saturated rings. The van der Waals surface area contributed by atoms with Crippen molar-refractivity contribution in [2.45, 2.75) is 32.1 Å². The highest BCUT2D eigenvalue weighted by Gasteiger charge is 2.19. The fraction of sp³-hybridized carbons (Fsp3) is 0.533. The third-order valence-corrected chi connectivity index (χ3v) is 3.46. The second-order valence-corrected chi connectivity index (χ2v) is 4.89. The molecule has 4 heteroatoms. The zero-order valence-electron chi connectivity index (χ0n) is 11.4. The first-order valence-corrected chi connectivity index (χ1v) is 6.85. The second-order valence-electron chi connectivity index (χ2n) is 4.89. The molecule has 1 N–H and O–H groups in total. The number of benzene rings is 1. The van der Waals surface area contributed by atoms with Gasteiger partial charge in [0.25, 0.3) is 0 Å². The summed E-state index contributed by atoms with van der Waals surface area (Å²) >= 11 is 0. The summed E-state index contributed by atoms with van der Waals surface area (Å²) in [5, 5.41) is 8.76. The summed E-state index contributed by atoms with van der Waals surface area (Å²) in [6, 6.07) is 6.05. The Hall–Kier alpha value is -1.55. The number of carbonyl (C=O) groups excluding carboxylic acids is 1. The predicted molar refractivity (Wildman–Crippen MR) is 74.6 cm³/mol. The molecule has 1 heterocycles. The zero-order chi connectivity index (χ0) is 13.7. The van der Waals surface area contributed by atoms with E-state index in [4.69, 9.17) is 9.84 Å². The number of anilines is 1. The Morgan fingerprint density at radius 1 is 1.32 bits per heavy atom. The van der Waals surface area contributed by atoms with Gasteiger partial charge in [0.15, 0.2) is 0 Å². The van der Waals surface area contributed by atoms with Crippen LogP contribution in [0.25, 0.3) is 0 Å². The third-order valence-electron chi connectivity index (χ3n) is 3.46. The summed E-state index contributed by atoms with van der Waals surface area (Å²) in [5.74, 6) is 0.878. The predicted octanol–water partition coefficient (Wildman–Crippen LogP) is 2.14. The number of hydrogen-bond acceptors (Lipinski definition) is 3. The van der Waals surface area contributed by atoms with Gasteiger partial charge in [-0.15, -0.1) is 0 Å². The largest absolute Gasteiger partial charge is 0.491 e. The van der Waals surface area contributed by atoms with Crippen molar-refractivity contribution >= 4 is 11.6 Å². The normalized spacial score (nSPS) is 14.8. The van der Waals surface area contributed by atoms with Gasteiger partial charge in [-0.1, -0.05) is 12.5 Å². The van der Waals surface area contributed by atoms with Gasteiger partial charge in [0.05, 0.1) is 18.7 Å². The average molecular weight is 263 g/mol. The van der Waals surface area contributed by atoms with Crippen LogP contribution in [0.4, 0.5) is 5.69 Å². The summed E-state index contributed by atoms with van der Waals surface area (Å²) in [5.41, 5.74) is 2.07. The van der Waals surface area contributed by atoms with Gasteiger partial charge in [-0.25, -0.2) is 0 Å². The maximum atomic E-state index is 11.8. The topological polar surface area (TPSA) is 49.8 Å². The van der Waals surface area contributed by atoms with Crippen LogP contribution < -0.4 is 9.64 Å². The summed E-state index contributed by atoms with van der Waals surface area (Å²) in [6.45, 7) is 0.710. The fourth-order valence-corrected chi connectivity index (χ4v) is 2.27. The molecule has 0 atom stereocenters. The number of amides is 1. The molecule has 0 unspecified atom stereocenters. The van der Waals surface area contributed by atoms with Crippen molar-refractivity contribution in [2.75, 3.05) is 25.2 Å². The second kappa shape index (κ2) is 6.57. The maximum absolute atomic E-state index is 11.8.